The van der Waals surface area contributed by atoms with Crippen molar-refractivity contribution in [3.63, 3.8) is 0 Å². The molecule has 0 spiro atoms. The van der Waals surface area contributed by atoms with Crippen molar-refractivity contribution >= 4 is 33.1 Å². The number of hydrogen-bond acceptors (Lipinski definition) is 4. The van der Waals surface area contributed by atoms with E-state index in [1.165, 1.54) is 11.4 Å². The summed E-state index contributed by atoms with van der Waals surface area (Å²) in [5.41, 5.74) is 8.93. The lowest BCUT2D eigenvalue weighted by Gasteiger charge is -2.25. The summed E-state index contributed by atoms with van der Waals surface area (Å²) in [5.74, 6) is 0. The monoisotopic (exact) mass is 284 g/mol. The van der Waals surface area contributed by atoms with Gasteiger partial charge in [-0.25, -0.2) is 8.42 Å². The number of nitrogens with zero attached hydrogens (tertiary/aromatic N) is 2. The van der Waals surface area contributed by atoms with Crippen molar-refractivity contribution in [2.45, 2.75) is 4.90 Å². The first-order valence-electron chi connectivity index (χ1n) is 5.10. The van der Waals surface area contributed by atoms with E-state index >= 15 is 0 Å². The summed E-state index contributed by atoms with van der Waals surface area (Å²) in [7, 11) is -1.93. The van der Waals surface area contributed by atoms with Gasteiger partial charge in [-0.15, -0.1) is 0 Å². The maximum Gasteiger partial charge on any atom is 0.243 e. The molecule has 1 aliphatic rings. The van der Waals surface area contributed by atoms with Crippen LogP contribution in [0, 0.1) is 0 Å². The Bertz CT molecular complexity index is 625. The molecule has 1 aromatic rings. The van der Waals surface area contributed by atoms with Crippen molar-refractivity contribution in [3.05, 3.63) is 29.8 Å². The van der Waals surface area contributed by atoms with Gasteiger partial charge in [0.1, 0.15) is 0 Å². The number of likely N-dealkylation sites (N-methyl/N-ethyl adjacent to an activating group) is 1. The third-order valence-electron chi connectivity index (χ3n) is 2.56. The Morgan fingerprint density at radius 3 is 2.83 bits per heavy atom. The van der Waals surface area contributed by atoms with Gasteiger partial charge in [-0.05, 0) is 18.3 Å². The lowest BCUT2D eigenvalue weighted by Crippen LogP contribution is -2.39. The van der Waals surface area contributed by atoms with Gasteiger partial charge in [-0.1, -0.05) is 18.2 Å². The minimum Gasteiger partial charge on any atom is -0.375 e. The SMILES string of the molecule is CN1CC(=NNC(N)=S)c2ccccc2S1(=O)=O. The van der Waals surface area contributed by atoms with Crippen LogP contribution in [0.3, 0.4) is 0 Å². The Kier molecular flexibility index (Phi) is 3.33. The van der Waals surface area contributed by atoms with E-state index in [0.717, 1.165) is 0 Å². The molecule has 8 heteroatoms. The largest absolute Gasteiger partial charge is 0.375 e. The van der Waals surface area contributed by atoms with E-state index in [4.69, 9.17) is 5.73 Å². The minimum atomic E-state index is -3.43. The van der Waals surface area contributed by atoms with E-state index in [2.05, 4.69) is 22.7 Å². The van der Waals surface area contributed by atoms with Crippen molar-refractivity contribution in [1.82, 2.24) is 9.73 Å². The van der Waals surface area contributed by atoms with Gasteiger partial charge in [0.15, 0.2) is 5.11 Å². The van der Waals surface area contributed by atoms with Crippen LogP contribution in [-0.4, -0.2) is 37.1 Å². The summed E-state index contributed by atoms with van der Waals surface area (Å²) < 4.78 is 25.4. The van der Waals surface area contributed by atoms with Crippen LogP contribution in [0.1, 0.15) is 5.56 Å². The van der Waals surface area contributed by atoms with E-state index in [-0.39, 0.29) is 16.6 Å². The van der Waals surface area contributed by atoms with Crippen LogP contribution in [-0.2, 0) is 10.0 Å². The van der Waals surface area contributed by atoms with Crippen LogP contribution in [0.15, 0.2) is 34.3 Å². The molecule has 0 aliphatic carbocycles. The molecule has 0 bridgehead atoms. The van der Waals surface area contributed by atoms with Crippen molar-refractivity contribution in [2.24, 2.45) is 10.8 Å². The summed E-state index contributed by atoms with van der Waals surface area (Å²) in [6, 6.07) is 6.70. The lowest BCUT2D eigenvalue weighted by molar-refractivity contribution is 0.500. The molecule has 0 fully saturated rings. The zero-order valence-electron chi connectivity index (χ0n) is 9.62. The van der Waals surface area contributed by atoms with E-state index in [1.54, 1.807) is 24.3 Å². The average Bonchev–Trinajstić information content (AvgIpc) is 2.32. The van der Waals surface area contributed by atoms with Crippen molar-refractivity contribution in [1.29, 1.82) is 0 Å². The minimum absolute atomic E-state index is 0.0380. The van der Waals surface area contributed by atoms with Crippen molar-refractivity contribution in [3.8, 4) is 0 Å². The van der Waals surface area contributed by atoms with Gasteiger partial charge in [0, 0.05) is 12.6 Å². The van der Waals surface area contributed by atoms with Gasteiger partial charge < -0.3 is 5.73 Å². The summed E-state index contributed by atoms with van der Waals surface area (Å²) >= 11 is 4.66. The number of benzene rings is 1. The van der Waals surface area contributed by atoms with Crippen LogP contribution in [0.25, 0.3) is 0 Å². The molecular formula is C10H12N4O2S2. The summed E-state index contributed by atoms with van der Waals surface area (Å²) in [5, 5.41) is 4.07. The second kappa shape index (κ2) is 4.63. The summed E-state index contributed by atoms with van der Waals surface area (Å²) in [6.07, 6.45) is 0. The van der Waals surface area contributed by atoms with E-state index in [0.29, 0.717) is 11.3 Å². The van der Waals surface area contributed by atoms with Crippen LogP contribution in [0.5, 0.6) is 0 Å². The number of hydrazone groups is 1. The predicted octanol–water partition coefficient (Wildman–Crippen LogP) is -0.142. The standard InChI is InChI=1S/C10H12N4O2S2/c1-14-6-8(12-13-10(11)17)7-4-2-3-5-9(7)18(14,15)16/h2-5H,6H2,1H3,(H3,11,13,17). The van der Waals surface area contributed by atoms with Crippen LogP contribution in [0.2, 0.25) is 0 Å². The zero-order valence-corrected chi connectivity index (χ0v) is 11.3. The number of thiocarbonyl (C=S) groups is 1. The molecule has 0 saturated carbocycles. The third-order valence-corrected chi connectivity index (χ3v) is 4.51. The molecule has 0 saturated heterocycles. The molecule has 0 aromatic heterocycles. The topological polar surface area (TPSA) is 87.8 Å². The summed E-state index contributed by atoms with van der Waals surface area (Å²) in [4.78, 5) is 0.238. The predicted molar refractivity (Wildman–Crippen MR) is 72.7 cm³/mol. The first-order chi connectivity index (χ1) is 8.43. The second-order valence-electron chi connectivity index (χ2n) is 3.79. The molecule has 0 radical (unpaired) electrons. The van der Waals surface area contributed by atoms with Gasteiger partial charge in [-0.2, -0.15) is 9.41 Å². The Morgan fingerprint density at radius 2 is 2.17 bits per heavy atom. The van der Waals surface area contributed by atoms with Gasteiger partial charge in [-0.3, -0.25) is 5.43 Å². The fourth-order valence-electron chi connectivity index (χ4n) is 1.70. The highest BCUT2D eigenvalue weighted by atomic mass is 32.2. The Labute approximate surface area is 111 Å². The molecule has 3 N–H and O–H groups in total. The molecule has 1 aliphatic heterocycles. The molecule has 0 amide bonds. The molecule has 1 aromatic carbocycles. The van der Waals surface area contributed by atoms with E-state index in [9.17, 15) is 8.42 Å². The number of sulfonamides is 1. The fraction of sp³-hybridized carbons (Fsp3) is 0.200. The van der Waals surface area contributed by atoms with Crippen LogP contribution < -0.4 is 11.2 Å². The van der Waals surface area contributed by atoms with Gasteiger partial charge in [0.05, 0.1) is 17.2 Å². The fourth-order valence-corrected chi connectivity index (χ4v) is 3.09. The maximum absolute atomic E-state index is 12.1. The highest BCUT2D eigenvalue weighted by Gasteiger charge is 2.31. The quantitative estimate of drug-likeness (QED) is 0.553. The highest BCUT2D eigenvalue weighted by molar-refractivity contribution is 7.89. The molecule has 1 heterocycles. The van der Waals surface area contributed by atoms with E-state index < -0.39 is 10.0 Å². The Hall–Kier alpha value is -1.51. The average molecular weight is 284 g/mol. The smallest absolute Gasteiger partial charge is 0.243 e. The Morgan fingerprint density at radius 1 is 1.50 bits per heavy atom. The molecule has 18 heavy (non-hydrogen) atoms. The third kappa shape index (κ3) is 2.22. The molecule has 0 atom stereocenters. The van der Waals surface area contributed by atoms with Gasteiger partial charge in [0.25, 0.3) is 0 Å². The number of nitrogens with two attached hydrogens (primary N) is 1. The molecule has 2 rings (SSSR count). The zero-order chi connectivity index (χ0) is 13.3. The highest BCUT2D eigenvalue weighted by Crippen LogP contribution is 2.24. The number of fused-ring (bicyclic) bond motifs is 1. The Balaban J connectivity index is 2.55. The van der Waals surface area contributed by atoms with Crippen molar-refractivity contribution < 1.29 is 8.42 Å². The van der Waals surface area contributed by atoms with Crippen LogP contribution in [0.4, 0.5) is 0 Å². The van der Waals surface area contributed by atoms with Crippen molar-refractivity contribution in [2.75, 3.05) is 13.6 Å². The summed E-state index contributed by atoms with van der Waals surface area (Å²) in [6.45, 7) is 0.176. The second-order valence-corrected chi connectivity index (χ2v) is 6.24. The molecule has 96 valence electrons. The van der Waals surface area contributed by atoms with Crippen LogP contribution >= 0.6 is 12.2 Å². The number of nitrogens with one attached hydrogen (secondary N) is 1. The number of hydrogen-bond donors (Lipinski definition) is 2. The lowest BCUT2D eigenvalue weighted by atomic mass is 10.1. The van der Waals surface area contributed by atoms with Gasteiger partial charge in [0.2, 0.25) is 10.0 Å². The molecular weight excluding hydrogens is 272 g/mol. The maximum atomic E-state index is 12.1. The molecule has 6 nitrogen and oxygen atoms in total. The van der Waals surface area contributed by atoms with E-state index in [1.807, 2.05) is 0 Å². The first kappa shape index (κ1) is 12.9. The first-order valence-corrected chi connectivity index (χ1v) is 6.95. The van der Waals surface area contributed by atoms with Gasteiger partial charge >= 0.3 is 0 Å². The number of rotatable bonds is 1. The normalized spacial score (nSPS) is 20.4. The molecule has 0 unspecified atom stereocenters.